The Morgan fingerprint density at radius 2 is 1.69 bits per heavy atom. The number of amides is 3. The number of anilines is 1. The van der Waals surface area contributed by atoms with Gasteiger partial charge < -0.3 is 24.8 Å². The molecule has 0 aliphatic carbocycles. The van der Waals surface area contributed by atoms with Crippen LogP contribution in [0.5, 0.6) is 11.5 Å². The van der Waals surface area contributed by atoms with E-state index in [1.807, 2.05) is 39.8 Å². The Morgan fingerprint density at radius 1 is 0.971 bits per heavy atom. The van der Waals surface area contributed by atoms with Crippen LogP contribution in [0.15, 0.2) is 35.4 Å². The molecule has 2 aromatic carbocycles. The number of methoxy groups -OCH3 is 1. The Bertz CT molecular complexity index is 1060. The molecule has 188 valence electrons. The number of nitrogens with one attached hydrogen (secondary N) is 3. The number of aryl methyl sites for hydroxylation is 3. The third-order valence-corrected chi connectivity index (χ3v) is 4.75. The second kappa shape index (κ2) is 13.7. The first-order valence-corrected chi connectivity index (χ1v) is 11.1. The molecular weight excluding hydrogens is 452 g/mol. The third kappa shape index (κ3) is 8.74. The lowest BCUT2D eigenvalue weighted by Crippen LogP contribution is -2.39. The van der Waals surface area contributed by atoms with Crippen LogP contribution < -0.4 is 25.5 Å². The normalized spacial score (nSPS) is 10.7. The number of ether oxygens (including phenoxy) is 3. The molecule has 0 unspecified atom stereocenters. The molecule has 0 radical (unpaired) electrons. The lowest BCUT2D eigenvalue weighted by Gasteiger charge is -2.15. The van der Waals surface area contributed by atoms with Crippen LogP contribution in [0.1, 0.15) is 29.2 Å². The van der Waals surface area contributed by atoms with Crippen molar-refractivity contribution in [2.45, 2.75) is 27.7 Å². The highest BCUT2D eigenvalue weighted by molar-refractivity contribution is 6.35. The molecule has 0 aromatic heterocycles. The average Bonchev–Trinajstić information content (AvgIpc) is 2.81. The molecule has 2 rings (SSSR count). The molecule has 10 heteroatoms. The summed E-state index contributed by atoms with van der Waals surface area (Å²) < 4.78 is 16.1. The van der Waals surface area contributed by atoms with Gasteiger partial charge in [0.25, 0.3) is 5.91 Å². The van der Waals surface area contributed by atoms with E-state index in [0.717, 1.165) is 22.4 Å². The first-order valence-electron chi connectivity index (χ1n) is 11.1. The quantitative estimate of drug-likeness (QED) is 0.194. The van der Waals surface area contributed by atoms with Crippen molar-refractivity contribution in [3.8, 4) is 11.5 Å². The van der Waals surface area contributed by atoms with Crippen molar-refractivity contribution in [2.24, 2.45) is 5.10 Å². The highest BCUT2D eigenvalue weighted by atomic mass is 16.5. The van der Waals surface area contributed by atoms with Crippen molar-refractivity contribution in [1.29, 1.82) is 0 Å². The highest BCUT2D eigenvalue weighted by Crippen LogP contribution is 2.28. The van der Waals surface area contributed by atoms with Gasteiger partial charge >= 0.3 is 11.8 Å². The van der Waals surface area contributed by atoms with Crippen molar-refractivity contribution in [1.82, 2.24) is 10.7 Å². The van der Waals surface area contributed by atoms with E-state index in [1.54, 1.807) is 18.2 Å². The van der Waals surface area contributed by atoms with Gasteiger partial charge in [0, 0.05) is 19.3 Å². The highest BCUT2D eigenvalue weighted by Gasteiger charge is 2.13. The average molecular weight is 485 g/mol. The number of rotatable bonds is 11. The van der Waals surface area contributed by atoms with Crippen molar-refractivity contribution < 1.29 is 28.6 Å². The summed E-state index contributed by atoms with van der Waals surface area (Å²) in [5.74, 6) is -1.20. The van der Waals surface area contributed by atoms with Crippen molar-refractivity contribution in [3.63, 3.8) is 0 Å². The molecule has 0 saturated heterocycles. The van der Waals surface area contributed by atoms with Gasteiger partial charge in [-0.25, -0.2) is 5.43 Å². The number of carbonyl (C=O) groups is 3. The fraction of sp³-hybridized carbons (Fsp3) is 0.360. The zero-order valence-corrected chi connectivity index (χ0v) is 20.7. The van der Waals surface area contributed by atoms with Crippen molar-refractivity contribution in [3.05, 3.63) is 52.6 Å². The number of hydrogen-bond acceptors (Lipinski definition) is 7. The fourth-order valence-electron chi connectivity index (χ4n) is 3.25. The molecular formula is C25H32N4O6. The summed E-state index contributed by atoms with van der Waals surface area (Å²) in [5.41, 5.74) is 6.61. The molecule has 35 heavy (non-hydrogen) atoms. The summed E-state index contributed by atoms with van der Waals surface area (Å²) in [5, 5.41) is 9.08. The van der Waals surface area contributed by atoms with Gasteiger partial charge in [-0.1, -0.05) is 17.7 Å². The maximum atomic E-state index is 12.5. The van der Waals surface area contributed by atoms with Crippen LogP contribution in [0.2, 0.25) is 0 Å². The fourth-order valence-corrected chi connectivity index (χ4v) is 3.25. The summed E-state index contributed by atoms with van der Waals surface area (Å²) in [6.07, 6.45) is 1.36. The van der Waals surface area contributed by atoms with E-state index in [0.29, 0.717) is 30.3 Å². The van der Waals surface area contributed by atoms with Crippen LogP contribution in [0.3, 0.4) is 0 Å². The van der Waals surface area contributed by atoms with Gasteiger partial charge in [0.2, 0.25) is 0 Å². The van der Waals surface area contributed by atoms with Crippen LogP contribution in [0.25, 0.3) is 0 Å². The van der Waals surface area contributed by atoms with Crippen LogP contribution in [0.4, 0.5) is 5.69 Å². The molecule has 3 N–H and O–H groups in total. The van der Waals surface area contributed by atoms with E-state index >= 15 is 0 Å². The van der Waals surface area contributed by atoms with Gasteiger partial charge in [-0.2, -0.15) is 5.10 Å². The largest absolute Gasteiger partial charge is 0.490 e. The molecule has 10 nitrogen and oxygen atoms in total. The first kappa shape index (κ1) is 27.3. The summed E-state index contributed by atoms with van der Waals surface area (Å²) >= 11 is 0. The summed E-state index contributed by atoms with van der Waals surface area (Å²) in [6.45, 7) is 8.41. The SMILES string of the molecule is CCOc1cc(/C=N\NC(=O)C(=O)NCCOC)ccc1OCC(=O)Nc1c(C)cc(C)cc1C. The number of carbonyl (C=O) groups excluding carboxylic acids is 3. The van der Waals surface area contributed by atoms with E-state index in [-0.39, 0.29) is 19.1 Å². The smallest absolute Gasteiger partial charge is 0.329 e. The molecule has 0 atom stereocenters. The lowest BCUT2D eigenvalue weighted by atomic mass is 10.1. The predicted molar refractivity (Wildman–Crippen MR) is 133 cm³/mol. The number of hydrazone groups is 1. The minimum absolute atomic E-state index is 0.200. The van der Waals surface area contributed by atoms with Crippen LogP contribution in [-0.4, -0.2) is 57.4 Å². The van der Waals surface area contributed by atoms with Crippen LogP contribution >= 0.6 is 0 Å². The minimum Gasteiger partial charge on any atom is -0.490 e. The van der Waals surface area contributed by atoms with Gasteiger partial charge in [-0.15, -0.1) is 0 Å². The maximum Gasteiger partial charge on any atom is 0.329 e. The molecule has 0 spiro atoms. The van der Waals surface area contributed by atoms with Gasteiger partial charge in [0.1, 0.15) is 0 Å². The molecule has 0 fully saturated rings. The number of benzene rings is 2. The Balaban J connectivity index is 1.98. The number of nitrogens with zero attached hydrogens (tertiary/aromatic N) is 1. The standard InChI is InChI=1S/C25H32N4O6/c1-6-34-21-13-19(14-27-29-25(32)24(31)26-9-10-33-5)7-8-20(21)35-15-22(30)28-23-17(3)11-16(2)12-18(23)4/h7-8,11-14H,6,9-10,15H2,1-5H3,(H,26,31)(H,28,30)(H,29,32)/b27-14-. The third-order valence-electron chi connectivity index (χ3n) is 4.75. The van der Waals surface area contributed by atoms with Gasteiger partial charge in [0.15, 0.2) is 18.1 Å². The molecule has 2 aromatic rings. The first-order chi connectivity index (χ1) is 16.7. The van der Waals surface area contributed by atoms with Crippen LogP contribution in [-0.2, 0) is 19.1 Å². The van der Waals surface area contributed by atoms with E-state index in [9.17, 15) is 14.4 Å². The molecule has 0 bridgehead atoms. The zero-order chi connectivity index (χ0) is 25.8. The van der Waals surface area contributed by atoms with Gasteiger partial charge in [-0.3, -0.25) is 14.4 Å². The second-order valence-corrected chi connectivity index (χ2v) is 7.70. The summed E-state index contributed by atoms with van der Waals surface area (Å²) in [7, 11) is 1.49. The molecule has 0 aliphatic heterocycles. The minimum atomic E-state index is -0.896. The van der Waals surface area contributed by atoms with Gasteiger partial charge in [0.05, 0.1) is 19.4 Å². The number of hydrogen-bond donors (Lipinski definition) is 3. The van der Waals surface area contributed by atoms with E-state index < -0.39 is 11.8 Å². The lowest BCUT2D eigenvalue weighted by molar-refractivity contribution is -0.139. The molecule has 3 amide bonds. The molecule has 0 aliphatic rings. The molecule has 0 saturated carbocycles. The van der Waals surface area contributed by atoms with E-state index in [1.165, 1.54) is 13.3 Å². The maximum absolute atomic E-state index is 12.5. The Kier molecular flexibility index (Phi) is 10.7. The summed E-state index contributed by atoms with van der Waals surface area (Å²) in [4.78, 5) is 35.8. The van der Waals surface area contributed by atoms with Gasteiger partial charge in [-0.05, 0) is 62.6 Å². The Hall–Kier alpha value is -3.92. The monoisotopic (exact) mass is 484 g/mol. The predicted octanol–water partition coefficient (Wildman–Crippen LogP) is 2.24. The Labute approximate surface area is 205 Å². The summed E-state index contributed by atoms with van der Waals surface area (Å²) in [6, 6.07) is 8.99. The topological polar surface area (TPSA) is 127 Å². The molecule has 0 heterocycles. The van der Waals surface area contributed by atoms with Crippen molar-refractivity contribution >= 4 is 29.6 Å². The van der Waals surface area contributed by atoms with Crippen molar-refractivity contribution in [2.75, 3.05) is 38.8 Å². The zero-order valence-electron chi connectivity index (χ0n) is 20.7. The second-order valence-electron chi connectivity index (χ2n) is 7.70. The van der Waals surface area contributed by atoms with E-state index in [2.05, 4.69) is 21.2 Å². The van der Waals surface area contributed by atoms with Crippen LogP contribution in [0, 0.1) is 20.8 Å². The van der Waals surface area contributed by atoms with E-state index in [4.69, 9.17) is 14.2 Å². The Morgan fingerprint density at radius 3 is 2.34 bits per heavy atom.